The molecule has 0 bridgehead atoms. The minimum Gasteiger partial charge on any atom is -0.379 e. The summed E-state index contributed by atoms with van der Waals surface area (Å²) in [5.41, 5.74) is -2.13. The molecular formula is C24H25F6N3O2. The van der Waals surface area contributed by atoms with E-state index in [4.69, 9.17) is 4.74 Å². The molecule has 2 aliphatic heterocycles. The second kappa shape index (κ2) is 10.1. The van der Waals surface area contributed by atoms with Crippen molar-refractivity contribution in [3.8, 4) is 0 Å². The number of halogens is 6. The number of hydrogen-bond acceptors (Lipinski definition) is 4. The van der Waals surface area contributed by atoms with E-state index in [1.807, 2.05) is 4.90 Å². The highest BCUT2D eigenvalue weighted by molar-refractivity contribution is 6.05. The normalized spacial score (nSPS) is 18.5. The molecule has 2 heterocycles. The van der Waals surface area contributed by atoms with E-state index >= 15 is 0 Å². The molecule has 11 heteroatoms. The van der Waals surface area contributed by atoms with Crippen LogP contribution < -0.4 is 10.2 Å². The Morgan fingerprint density at radius 2 is 1.51 bits per heavy atom. The topological polar surface area (TPSA) is 44.8 Å². The summed E-state index contributed by atoms with van der Waals surface area (Å²) >= 11 is 0. The predicted molar refractivity (Wildman–Crippen MR) is 118 cm³/mol. The standard InChI is InChI=1S/C24H25F6N3O2/c25-23(26,27)17-2-1-3-19(14-17)31-22(34)16-12-18(24(28,29)30)15-21(13-16)32-6-4-20(5-7-32)33-8-10-35-11-9-33/h1-3,12-15,20H,4-11H2,(H,31,34). The third-order valence-electron chi connectivity index (χ3n) is 6.35. The van der Waals surface area contributed by atoms with Crippen LogP contribution in [0, 0.1) is 0 Å². The molecule has 0 spiro atoms. The molecule has 0 radical (unpaired) electrons. The Morgan fingerprint density at radius 1 is 0.857 bits per heavy atom. The molecule has 2 aliphatic rings. The molecule has 1 N–H and O–H groups in total. The van der Waals surface area contributed by atoms with Crippen molar-refractivity contribution < 1.29 is 35.9 Å². The highest BCUT2D eigenvalue weighted by atomic mass is 19.4. The third-order valence-corrected chi connectivity index (χ3v) is 6.35. The van der Waals surface area contributed by atoms with Crippen LogP contribution in [0.5, 0.6) is 0 Å². The van der Waals surface area contributed by atoms with E-state index in [1.165, 1.54) is 12.1 Å². The number of benzene rings is 2. The van der Waals surface area contributed by atoms with Crippen LogP contribution in [0.1, 0.15) is 34.3 Å². The molecule has 0 atom stereocenters. The first-order valence-electron chi connectivity index (χ1n) is 11.3. The van der Waals surface area contributed by atoms with Crippen molar-refractivity contribution in [3.05, 3.63) is 59.2 Å². The van der Waals surface area contributed by atoms with Crippen LogP contribution in [0.25, 0.3) is 0 Å². The van der Waals surface area contributed by atoms with Crippen molar-refractivity contribution in [2.24, 2.45) is 0 Å². The van der Waals surface area contributed by atoms with Gasteiger partial charge in [0.15, 0.2) is 0 Å². The maximum atomic E-state index is 13.6. The summed E-state index contributed by atoms with van der Waals surface area (Å²) in [7, 11) is 0. The number of nitrogens with one attached hydrogen (secondary N) is 1. The number of ether oxygens (including phenoxy) is 1. The summed E-state index contributed by atoms with van der Waals surface area (Å²) in [6, 6.07) is 7.36. The zero-order valence-electron chi connectivity index (χ0n) is 18.8. The molecule has 0 saturated carbocycles. The molecule has 2 aromatic carbocycles. The summed E-state index contributed by atoms with van der Waals surface area (Å²) in [6.07, 6.45) is -7.77. The van der Waals surface area contributed by atoms with Gasteiger partial charge < -0.3 is 15.0 Å². The van der Waals surface area contributed by atoms with Gasteiger partial charge in [-0.05, 0) is 49.2 Å². The molecule has 5 nitrogen and oxygen atoms in total. The fraction of sp³-hybridized carbons (Fsp3) is 0.458. The fourth-order valence-corrected chi connectivity index (χ4v) is 4.50. The van der Waals surface area contributed by atoms with Gasteiger partial charge in [0.05, 0.1) is 24.3 Å². The van der Waals surface area contributed by atoms with Gasteiger partial charge in [-0.2, -0.15) is 26.3 Å². The van der Waals surface area contributed by atoms with Crippen molar-refractivity contribution in [2.75, 3.05) is 49.6 Å². The van der Waals surface area contributed by atoms with Gasteiger partial charge in [-0.1, -0.05) is 6.07 Å². The van der Waals surface area contributed by atoms with Gasteiger partial charge >= 0.3 is 12.4 Å². The number of nitrogens with zero attached hydrogens (tertiary/aromatic N) is 2. The lowest BCUT2D eigenvalue weighted by Crippen LogP contribution is -2.49. The summed E-state index contributed by atoms with van der Waals surface area (Å²) < 4.78 is 85.1. The number of amides is 1. The largest absolute Gasteiger partial charge is 0.416 e. The molecule has 2 fully saturated rings. The zero-order chi connectivity index (χ0) is 25.2. The van der Waals surface area contributed by atoms with Crippen LogP contribution >= 0.6 is 0 Å². The van der Waals surface area contributed by atoms with Gasteiger partial charge in [-0.15, -0.1) is 0 Å². The Bertz CT molecular complexity index is 1040. The Labute approximate surface area is 198 Å². The highest BCUT2D eigenvalue weighted by Gasteiger charge is 2.34. The van der Waals surface area contributed by atoms with Crippen LogP contribution in [0.15, 0.2) is 42.5 Å². The van der Waals surface area contributed by atoms with E-state index in [0.29, 0.717) is 38.4 Å². The van der Waals surface area contributed by atoms with Crippen LogP contribution in [0.4, 0.5) is 37.7 Å². The lowest BCUT2D eigenvalue weighted by molar-refractivity contribution is -0.138. The molecule has 4 rings (SSSR count). The number of carbonyl (C=O) groups excluding carboxylic acids is 1. The van der Waals surface area contributed by atoms with E-state index < -0.39 is 29.4 Å². The quantitative estimate of drug-likeness (QED) is 0.580. The van der Waals surface area contributed by atoms with E-state index in [1.54, 1.807) is 0 Å². The first kappa shape index (κ1) is 25.3. The lowest BCUT2D eigenvalue weighted by Gasteiger charge is -2.41. The Balaban J connectivity index is 1.53. The maximum absolute atomic E-state index is 13.6. The van der Waals surface area contributed by atoms with Crippen LogP contribution in [-0.4, -0.2) is 56.2 Å². The number of anilines is 2. The molecule has 190 valence electrons. The molecule has 0 aliphatic carbocycles. The van der Waals surface area contributed by atoms with Crippen molar-refractivity contribution in [3.63, 3.8) is 0 Å². The van der Waals surface area contributed by atoms with Gasteiger partial charge in [0.2, 0.25) is 0 Å². The van der Waals surface area contributed by atoms with Crippen LogP contribution in [0.3, 0.4) is 0 Å². The Morgan fingerprint density at radius 3 is 2.14 bits per heavy atom. The van der Waals surface area contributed by atoms with Gasteiger partial charge in [0.1, 0.15) is 0 Å². The van der Waals surface area contributed by atoms with Crippen molar-refractivity contribution >= 4 is 17.3 Å². The predicted octanol–water partition coefficient (Wildman–Crippen LogP) is 5.28. The van der Waals surface area contributed by atoms with Crippen LogP contribution in [0.2, 0.25) is 0 Å². The molecule has 2 aromatic rings. The summed E-state index contributed by atoms with van der Waals surface area (Å²) in [4.78, 5) is 16.9. The second-order valence-corrected chi connectivity index (χ2v) is 8.67. The maximum Gasteiger partial charge on any atom is 0.416 e. The monoisotopic (exact) mass is 501 g/mol. The number of rotatable bonds is 4. The van der Waals surface area contributed by atoms with E-state index in [0.717, 1.165) is 50.2 Å². The molecular weight excluding hydrogens is 476 g/mol. The van der Waals surface area contributed by atoms with Gasteiger partial charge in [-0.3, -0.25) is 9.69 Å². The SMILES string of the molecule is O=C(Nc1cccc(C(F)(F)F)c1)c1cc(N2CCC(N3CCOCC3)CC2)cc(C(F)(F)F)c1. The van der Waals surface area contributed by atoms with Crippen LogP contribution in [-0.2, 0) is 17.1 Å². The molecule has 35 heavy (non-hydrogen) atoms. The average Bonchev–Trinajstić information content (AvgIpc) is 2.83. The highest BCUT2D eigenvalue weighted by Crippen LogP contribution is 2.35. The number of hydrogen-bond donors (Lipinski definition) is 1. The summed E-state index contributed by atoms with van der Waals surface area (Å²) in [6.45, 7) is 4.04. The van der Waals surface area contributed by atoms with Gasteiger partial charge in [0.25, 0.3) is 5.91 Å². The Hall–Kier alpha value is -2.79. The number of piperidine rings is 1. The Kier molecular flexibility index (Phi) is 7.27. The lowest BCUT2D eigenvalue weighted by atomic mass is 10.0. The molecule has 0 aromatic heterocycles. The number of alkyl halides is 6. The van der Waals surface area contributed by atoms with Gasteiger partial charge in [-0.25, -0.2) is 0 Å². The zero-order valence-corrected chi connectivity index (χ0v) is 18.8. The van der Waals surface area contributed by atoms with Gasteiger partial charge in [0, 0.05) is 49.2 Å². The first-order valence-corrected chi connectivity index (χ1v) is 11.3. The smallest absolute Gasteiger partial charge is 0.379 e. The second-order valence-electron chi connectivity index (χ2n) is 8.67. The third kappa shape index (κ3) is 6.26. The summed E-state index contributed by atoms with van der Waals surface area (Å²) in [5.74, 6) is -0.917. The van der Waals surface area contributed by atoms with Crippen molar-refractivity contribution in [1.82, 2.24) is 4.90 Å². The van der Waals surface area contributed by atoms with Crippen molar-refractivity contribution in [2.45, 2.75) is 31.2 Å². The molecule has 0 unspecified atom stereocenters. The summed E-state index contributed by atoms with van der Waals surface area (Å²) in [5, 5.41) is 2.29. The number of morpholine rings is 1. The molecule has 1 amide bonds. The van der Waals surface area contributed by atoms with E-state index in [-0.39, 0.29) is 16.9 Å². The van der Waals surface area contributed by atoms with E-state index in [9.17, 15) is 31.1 Å². The number of carbonyl (C=O) groups is 1. The molecule has 2 saturated heterocycles. The first-order chi connectivity index (χ1) is 16.5. The minimum atomic E-state index is -4.69. The minimum absolute atomic E-state index is 0.157. The van der Waals surface area contributed by atoms with E-state index in [2.05, 4.69) is 10.2 Å². The average molecular weight is 501 g/mol. The van der Waals surface area contributed by atoms with Crippen molar-refractivity contribution in [1.29, 1.82) is 0 Å². The fourth-order valence-electron chi connectivity index (χ4n) is 4.50.